The molecule has 1 N–H and O–H groups in total. The number of aliphatic hydroxyl groups is 1. The second-order valence-corrected chi connectivity index (χ2v) is 4.97. The van der Waals surface area contributed by atoms with Crippen LogP contribution in [0.15, 0.2) is 0 Å². The van der Waals surface area contributed by atoms with Crippen LogP contribution in [0.4, 0.5) is 0 Å². The molecule has 0 aromatic carbocycles. The molecule has 0 aliphatic heterocycles. The topological polar surface area (TPSA) is 147 Å². The van der Waals surface area contributed by atoms with Gasteiger partial charge in [0.25, 0.3) is 0 Å². The van der Waals surface area contributed by atoms with Crippen LogP contribution in [0.5, 0.6) is 0 Å². The third kappa shape index (κ3) is 7.22. The molecule has 0 atom stereocenters. The van der Waals surface area contributed by atoms with Crippen molar-refractivity contribution < 1.29 is 33.8 Å². The Labute approximate surface area is 100 Å². The van der Waals surface area contributed by atoms with E-state index in [1.807, 2.05) is 0 Å². The molecule has 11 heteroatoms. The predicted octanol–water partition coefficient (Wildman–Crippen LogP) is -4.67. The quantitative estimate of drug-likeness (QED) is 0.374. The minimum absolute atomic E-state index is 0. The van der Waals surface area contributed by atoms with Gasteiger partial charge in [0.1, 0.15) is 5.59 Å². The predicted molar refractivity (Wildman–Crippen MR) is 32.7 cm³/mol. The van der Waals surface area contributed by atoms with Crippen LogP contribution in [0.25, 0.3) is 0 Å². The first-order valence-corrected chi connectivity index (χ1v) is 5.09. The van der Waals surface area contributed by atoms with Crippen molar-refractivity contribution in [1.29, 1.82) is 0 Å². The zero-order valence-electron chi connectivity index (χ0n) is 5.78. The van der Waals surface area contributed by atoms with Crippen molar-refractivity contribution in [3.05, 3.63) is 0 Å². The van der Waals surface area contributed by atoms with E-state index in [4.69, 9.17) is 5.11 Å². The van der Waals surface area contributed by atoms with Crippen LogP contribution in [0, 0.1) is 0 Å². The van der Waals surface area contributed by atoms with Gasteiger partial charge in [0.15, 0.2) is 0 Å². The first kappa shape index (κ1) is 19.4. The molecular formula is CH2Mg2O7P2. The van der Waals surface area contributed by atoms with E-state index in [1.54, 1.807) is 0 Å². The summed E-state index contributed by atoms with van der Waals surface area (Å²) < 4.78 is 19.3. The van der Waals surface area contributed by atoms with E-state index in [2.05, 4.69) is 0 Å². The normalized spacial score (nSPS) is 11.8. The van der Waals surface area contributed by atoms with Gasteiger partial charge in [0.05, 0.1) is 0 Å². The summed E-state index contributed by atoms with van der Waals surface area (Å²) in [5.74, 6) is 0. The van der Waals surface area contributed by atoms with Crippen molar-refractivity contribution in [1.82, 2.24) is 0 Å². The van der Waals surface area contributed by atoms with Crippen molar-refractivity contribution >= 4 is 61.3 Å². The summed E-state index contributed by atoms with van der Waals surface area (Å²) in [6.45, 7) is 0. The van der Waals surface area contributed by atoms with E-state index >= 15 is 0 Å². The van der Waals surface area contributed by atoms with Gasteiger partial charge in [0, 0.05) is 0 Å². The SMILES string of the molecule is O=P([O-])([O-])C(O)P(=O)([O-])[O-].[Mg+2].[Mg+2]. The second kappa shape index (κ2) is 6.31. The van der Waals surface area contributed by atoms with Gasteiger partial charge in [-0.05, 0) is 15.2 Å². The van der Waals surface area contributed by atoms with Gasteiger partial charge >= 0.3 is 46.1 Å². The third-order valence-corrected chi connectivity index (χ3v) is 3.39. The first-order valence-electron chi connectivity index (χ1n) is 1.87. The van der Waals surface area contributed by atoms with E-state index in [-0.39, 0.29) is 46.1 Å². The third-order valence-electron chi connectivity index (χ3n) is 0.566. The standard InChI is InChI=1S/CH6O7P2.2Mg/c2-1(9(3,4)5)10(6,7)8;;/h1-2H,(H2,3,4,5)(H2,6,7,8);;/q;2*+2/p-4. The molecule has 0 rings (SSSR count). The van der Waals surface area contributed by atoms with Gasteiger partial charge in [-0.3, -0.25) is 0 Å². The van der Waals surface area contributed by atoms with Crippen LogP contribution in [0.1, 0.15) is 0 Å². The maximum atomic E-state index is 9.63. The Bertz CT molecular complexity index is 181. The van der Waals surface area contributed by atoms with Gasteiger partial charge in [0.2, 0.25) is 0 Å². The molecule has 0 radical (unpaired) electrons. The van der Waals surface area contributed by atoms with Crippen molar-refractivity contribution in [2.75, 3.05) is 0 Å². The molecule has 0 aromatic heterocycles. The molecule has 0 amide bonds. The summed E-state index contributed by atoms with van der Waals surface area (Å²) in [6, 6.07) is 0. The zero-order valence-corrected chi connectivity index (χ0v) is 10.4. The molecule has 0 bridgehead atoms. The van der Waals surface area contributed by atoms with Crippen molar-refractivity contribution in [3.8, 4) is 0 Å². The molecule has 0 spiro atoms. The van der Waals surface area contributed by atoms with Crippen molar-refractivity contribution in [3.63, 3.8) is 0 Å². The average molecular weight is 237 g/mol. The van der Waals surface area contributed by atoms with Crippen LogP contribution < -0.4 is 19.6 Å². The summed E-state index contributed by atoms with van der Waals surface area (Å²) in [4.78, 5) is 38.5. The summed E-state index contributed by atoms with van der Waals surface area (Å²) >= 11 is 0. The van der Waals surface area contributed by atoms with Gasteiger partial charge in [-0.1, -0.05) is 0 Å². The maximum absolute atomic E-state index is 9.63. The molecule has 0 aliphatic carbocycles. The number of hydrogen-bond donors (Lipinski definition) is 1. The van der Waals surface area contributed by atoms with Crippen LogP contribution >= 0.6 is 15.2 Å². The van der Waals surface area contributed by atoms with E-state index in [0.717, 1.165) is 0 Å². The summed E-state index contributed by atoms with van der Waals surface area (Å²) in [5.41, 5.74) is -3.35. The van der Waals surface area contributed by atoms with Crippen LogP contribution in [0.3, 0.4) is 0 Å². The Kier molecular flexibility index (Phi) is 10.2. The Morgan fingerprint density at radius 2 is 1.08 bits per heavy atom. The molecule has 62 valence electrons. The van der Waals surface area contributed by atoms with Gasteiger partial charge in [-0.25, -0.2) is 0 Å². The van der Waals surface area contributed by atoms with Crippen molar-refractivity contribution in [2.45, 2.75) is 5.59 Å². The smallest absolute Gasteiger partial charge is 0.809 e. The molecule has 0 aliphatic rings. The Morgan fingerprint density at radius 3 is 1.08 bits per heavy atom. The summed E-state index contributed by atoms with van der Waals surface area (Å²) in [5, 5.41) is 7.95. The van der Waals surface area contributed by atoms with Crippen LogP contribution in [0.2, 0.25) is 0 Å². The molecule has 7 nitrogen and oxygen atoms in total. The van der Waals surface area contributed by atoms with E-state index < -0.39 is 20.8 Å². The largest absolute Gasteiger partial charge is 2.00 e. The molecular weight excluding hydrogens is 235 g/mol. The van der Waals surface area contributed by atoms with E-state index in [0.29, 0.717) is 0 Å². The Hall–Kier alpha value is 1.79. The molecule has 12 heavy (non-hydrogen) atoms. The monoisotopic (exact) mass is 236 g/mol. The fourth-order valence-electron chi connectivity index (χ4n) is 0.173. The summed E-state index contributed by atoms with van der Waals surface area (Å²) in [6.07, 6.45) is 0. The van der Waals surface area contributed by atoms with Gasteiger partial charge < -0.3 is 33.8 Å². The minimum Gasteiger partial charge on any atom is -0.809 e. The maximum Gasteiger partial charge on any atom is 2.00 e. The average Bonchev–Trinajstić information content (AvgIpc) is 1.59. The molecule has 0 saturated carbocycles. The van der Waals surface area contributed by atoms with Gasteiger partial charge in [-0.2, -0.15) is 0 Å². The number of aliphatic hydroxyl groups excluding tert-OH is 1. The Morgan fingerprint density at radius 1 is 0.917 bits per heavy atom. The van der Waals surface area contributed by atoms with E-state index in [9.17, 15) is 28.7 Å². The minimum atomic E-state index is -5.71. The molecule has 0 aromatic rings. The number of hydrogen-bond acceptors (Lipinski definition) is 7. The van der Waals surface area contributed by atoms with Crippen LogP contribution in [-0.4, -0.2) is 56.8 Å². The van der Waals surface area contributed by atoms with Gasteiger partial charge in [-0.15, -0.1) is 0 Å². The molecule has 0 unspecified atom stereocenters. The van der Waals surface area contributed by atoms with Crippen LogP contribution in [-0.2, 0) is 9.13 Å². The first-order chi connectivity index (χ1) is 4.15. The Balaban J connectivity index is -0.000000405. The fourth-order valence-corrected chi connectivity index (χ4v) is 1.56. The zero-order chi connectivity index (χ0) is 8.58. The molecule has 0 saturated heterocycles. The summed E-state index contributed by atoms with van der Waals surface area (Å²) in [7, 11) is -11.4. The second-order valence-electron chi connectivity index (χ2n) is 1.43. The fraction of sp³-hybridized carbons (Fsp3) is 1.00. The van der Waals surface area contributed by atoms with E-state index in [1.165, 1.54) is 0 Å². The van der Waals surface area contributed by atoms with Crippen molar-refractivity contribution in [2.24, 2.45) is 0 Å². The molecule has 0 fully saturated rings. The molecule has 0 heterocycles. The number of rotatable bonds is 2.